The van der Waals surface area contributed by atoms with Gasteiger partial charge in [-0.1, -0.05) is 0 Å². The molecule has 190 valence electrons. The smallest absolute Gasteiger partial charge is 0.326 e. The fraction of sp³-hybridized carbons (Fsp3) is 0.250. The number of ketones is 1. The molecule has 1 aliphatic heterocycles. The molecular weight excluding hydrogens is 476 g/mol. The zero-order chi connectivity index (χ0) is 26.4. The van der Waals surface area contributed by atoms with Gasteiger partial charge in [-0.05, 0) is 35.9 Å². The summed E-state index contributed by atoms with van der Waals surface area (Å²) in [5.74, 6) is -1.74. The van der Waals surface area contributed by atoms with Gasteiger partial charge in [-0.3, -0.25) is 14.4 Å². The Hall–Kier alpha value is -4.74. The Morgan fingerprint density at radius 3 is 2.31 bits per heavy atom. The highest BCUT2D eigenvalue weighted by Gasteiger charge is 2.28. The number of carboxylic acids is 1. The molecule has 4 N–H and O–H groups in total. The van der Waals surface area contributed by atoms with Gasteiger partial charge in [-0.25, -0.2) is 4.79 Å². The molecule has 0 saturated carbocycles. The summed E-state index contributed by atoms with van der Waals surface area (Å²) in [6.45, 7) is -0.538. The first kappa shape index (κ1) is 25.9. The summed E-state index contributed by atoms with van der Waals surface area (Å²) in [5, 5.41) is 11.2. The maximum absolute atomic E-state index is 12.8. The first-order valence-corrected chi connectivity index (χ1v) is 10.5. The van der Waals surface area contributed by atoms with Crippen LogP contribution >= 0.6 is 0 Å². The van der Waals surface area contributed by atoms with Gasteiger partial charge >= 0.3 is 5.97 Å². The number of Topliss-reactive ketones (excluding diaryl/α,β-unsaturated/α-hetero) is 1. The van der Waals surface area contributed by atoms with E-state index >= 15 is 0 Å². The Labute approximate surface area is 205 Å². The third-order valence-electron chi connectivity index (χ3n) is 5.03. The lowest BCUT2D eigenvalue weighted by Gasteiger charge is -2.13. The minimum atomic E-state index is -1.47. The van der Waals surface area contributed by atoms with Crippen molar-refractivity contribution in [3.8, 4) is 28.7 Å². The second-order valence-electron chi connectivity index (χ2n) is 7.47. The van der Waals surface area contributed by atoms with Gasteiger partial charge in [-0.2, -0.15) is 0 Å². The topological polar surface area (TPSA) is 173 Å². The van der Waals surface area contributed by atoms with E-state index in [1.54, 1.807) is 12.1 Å². The average molecular weight is 500 g/mol. The van der Waals surface area contributed by atoms with Crippen molar-refractivity contribution in [3.05, 3.63) is 47.2 Å². The average Bonchev–Trinajstić information content (AvgIpc) is 3.15. The van der Waals surface area contributed by atoms with Crippen LogP contribution in [0.25, 0.3) is 6.08 Å². The number of nitrogens with two attached hydrogens (primary N) is 1. The lowest BCUT2D eigenvalue weighted by molar-refractivity contribution is -0.143. The number of hydrogen-bond donors (Lipinski definition) is 3. The van der Waals surface area contributed by atoms with Gasteiger partial charge in [0.25, 0.3) is 5.91 Å². The van der Waals surface area contributed by atoms with Crippen molar-refractivity contribution >= 4 is 29.6 Å². The monoisotopic (exact) mass is 500 g/mol. The first-order chi connectivity index (χ1) is 17.2. The molecule has 12 nitrogen and oxygen atoms in total. The van der Waals surface area contributed by atoms with E-state index in [0.717, 1.165) is 0 Å². The van der Waals surface area contributed by atoms with Crippen LogP contribution in [0.1, 0.15) is 22.3 Å². The minimum Gasteiger partial charge on any atom is -0.493 e. The third kappa shape index (κ3) is 5.84. The van der Waals surface area contributed by atoms with Crippen molar-refractivity contribution in [1.29, 1.82) is 0 Å². The Balaban J connectivity index is 1.72. The van der Waals surface area contributed by atoms with E-state index in [1.807, 2.05) is 0 Å². The van der Waals surface area contributed by atoms with Crippen LogP contribution in [-0.2, 0) is 14.4 Å². The summed E-state index contributed by atoms with van der Waals surface area (Å²) in [7, 11) is 4.43. The number of rotatable bonds is 11. The van der Waals surface area contributed by atoms with Crippen LogP contribution in [0.4, 0.5) is 0 Å². The van der Waals surface area contributed by atoms with Crippen LogP contribution in [-0.4, -0.2) is 62.7 Å². The highest BCUT2D eigenvalue weighted by molar-refractivity contribution is 6.14. The number of methoxy groups -OCH3 is 3. The fourth-order valence-corrected chi connectivity index (χ4v) is 3.38. The number of carbonyl (C=O) groups is 4. The normalized spacial score (nSPS) is 13.9. The molecule has 0 aromatic heterocycles. The Morgan fingerprint density at radius 1 is 1.08 bits per heavy atom. The summed E-state index contributed by atoms with van der Waals surface area (Å²) in [5.41, 5.74) is 5.85. The molecule has 0 radical (unpaired) electrons. The highest BCUT2D eigenvalue weighted by atomic mass is 16.5. The number of aliphatic carboxylic acids is 1. The van der Waals surface area contributed by atoms with E-state index in [9.17, 15) is 19.2 Å². The third-order valence-corrected chi connectivity index (χ3v) is 5.03. The zero-order valence-corrected chi connectivity index (χ0v) is 19.7. The SMILES string of the molecule is COc1cc(C=C2Oc3cc(OCC(=O)N[C@H](CC(N)=O)C(=O)O)ccc3C2=O)cc(OC)c1OC. The molecule has 2 aromatic rings. The van der Waals surface area contributed by atoms with Gasteiger partial charge in [-0.15, -0.1) is 0 Å². The van der Waals surface area contributed by atoms with Crippen molar-refractivity contribution in [1.82, 2.24) is 5.32 Å². The van der Waals surface area contributed by atoms with E-state index in [2.05, 4.69) is 5.32 Å². The van der Waals surface area contributed by atoms with Gasteiger partial charge in [0.2, 0.25) is 17.4 Å². The van der Waals surface area contributed by atoms with Crippen LogP contribution in [0.3, 0.4) is 0 Å². The molecule has 0 saturated heterocycles. The van der Waals surface area contributed by atoms with Crippen LogP contribution in [0.15, 0.2) is 36.1 Å². The number of benzene rings is 2. The summed E-state index contributed by atoms with van der Waals surface area (Å²) in [6, 6.07) is 6.21. The van der Waals surface area contributed by atoms with Crippen molar-refractivity contribution in [3.63, 3.8) is 0 Å². The highest BCUT2D eigenvalue weighted by Crippen LogP contribution is 2.40. The molecule has 0 aliphatic carbocycles. The minimum absolute atomic E-state index is 0.0462. The quantitative estimate of drug-likeness (QED) is 0.380. The number of fused-ring (bicyclic) bond motifs is 1. The standard InChI is InChI=1S/C24H24N2O10/c1-32-18-7-12(8-19(33-2)23(18)34-3)6-17-22(29)14-5-4-13(9-16(14)36-17)35-11-21(28)26-15(24(30)31)10-20(25)27/h4-9,15H,10-11H2,1-3H3,(H2,25,27)(H,26,28)(H,30,31)/t15-/m1/s1. The number of hydrogen-bond acceptors (Lipinski definition) is 9. The van der Waals surface area contributed by atoms with Crippen molar-refractivity contribution in [2.24, 2.45) is 5.73 Å². The Kier molecular flexibility index (Phi) is 8.00. The summed E-state index contributed by atoms with van der Waals surface area (Å²) in [4.78, 5) is 46.9. The van der Waals surface area contributed by atoms with Crippen LogP contribution in [0, 0.1) is 0 Å². The molecule has 2 aromatic carbocycles. The number of amides is 2. The predicted octanol–water partition coefficient (Wildman–Crippen LogP) is 1.15. The van der Waals surface area contributed by atoms with Crippen LogP contribution in [0.5, 0.6) is 28.7 Å². The lowest BCUT2D eigenvalue weighted by Crippen LogP contribution is -2.45. The predicted molar refractivity (Wildman–Crippen MR) is 124 cm³/mol. The molecule has 1 atom stereocenters. The number of nitrogens with one attached hydrogen (secondary N) is 1. The maximum Gasteiger partial charge on any atom is 0.326 e. The first-order valence-electron chi connectivity index (χ1n) is 10.5. The van der Waals surface area contributed by atoms with E-state index in [-0.39, 0.29) is 28.6 Å². The molecule has 0 fully saturated rings. The molecular formula is C24H24N2O10. The molecule has 3 rings (SSSR count). The van der Waals surface area contributed by atoms with Crippen molar-refractivity contribution < 1.29 is 48.0 Å². The molecule has 0 bridgehead atoms. The van der Waals surface area contributed by atoms with Crippen LogP contribution in [0.2, 0.25) is 0 Å². The lowest BCUT2D eigenvalue weighted by atomic mass is 10.1. The van der Waals surface area contributed by atoms with Gasteiger partial charge in [0.1, 0.15) is 17.5 Å². The molecule has 2 amide bonds. The molecule has 0 spiro atoms. The number of allylic oxidation sites excluding steroid dienone is 1. The summed E-state index contributed by atoms with van der Waals surface area (Å²) in [6.07, 6.45) is 0.961. The molecule has 36 heavy (non-hydrogen) atoms. The number of primary amides is 1. The number of carboxylic acid groups (broad SMARTS) is 1. The summed E-state index contributed by atoms with van der Waals surface area (Å²) >= 11 is 0. The fourth-order valence-electron chi connectivity index (χ4n) is 3.38. The molecule has 0 unspecified atom stereocenters. The molecule has 1 heterocycles. The molecule has 1 aliphatic rings. The van der Waals surface area contributed by atoms with E-state index in [0.29, 0.717) is 22.8 Å². The number of ether oxygens (including phenoxy) is 5. The summed E-state index contributed by atoms with van der Waals surface area (Å²) < 4.78 is 27.0. The van der Waals surface area contributed by atoms with Gasteiger partial charge in [0, 0.05) is 6.07 Å². The van der Waals surface area contributed by atoms with Gasteiger partial charge in [0.15, 0.2) is 23.9 Å². The van der Waals surface area contributed by atoms with E-state index < -0.39 is 36.9 Å². The maximum atomic E-state index is 12.8. The zero-order valence-electron chi connectivity index (χ0n) is 19.7. The van der Waals surface area contributed by atoms with Crippen LogP contribution < -0.4 is 34.7 Å². The second kappa shape index (κ2) is 11.1. The number of carbonyl (C=O) groups excluding carboxylic acids is 3. The second-order valence-corrected chi connectivity index (χ2v) is 7.47. The van der Waals surface area contributed by atoms with E-state index in [1.165, 1.54) is 45.6 Å². The van der Waals surface area contributed by atoms with Crippen molar-refractivity contribution in [2.75, 3.05) is 27.9 Å². The largest absolute Gasteiger partial charge is 0.493 e. The Bertz CT molecular complexity index is 1210. The van der Waals surface area contributed by atoms with Gasteiger partial charge < -0.3 is 39.8 Å². The van der Waals surface area contributed by atoms with Gasteiger partial charge in [0.05, 0.1) is 33.3 Å². The Morgan fingerprint density at radius 2 is 1.75 bits per heavy atom. The van der Waals surface area contributed by atoms with E-state index in [4.69, 9.17) is 34.5 Å². The molecule has 12 heteroatoms. The van der Waals surface area contributed by atoms with Crippen molar-refractivity contribution in [2.45, 2.75) is 12.5 Å².